The predicted octanol–water partition coefficient (Wildman–Crippen LogP) is 2.41. The Kier molecular flexibility index (Phi) is 2.17. The quantitative estimate of drug-likeness (QED) is 0.589. The van der Waals surface area contributed by atoms with Crippen molar-refractivity contribution in [1.82, 2.24) is 4.90 Å². The van der Waals surface area contributed by atoms with E-state index in [2.05, 4.69) is 11.8 Å². The molecule has 2 unspecified atom stereocenters. The average molecular weight is 153 g/mol. The van der Waals surface area contributed by atoms with Gasteiger partial charge >= 0.3 is 0 Å². The molecule has 0 aliphatic carbocycles. The van der Waals surface area contributed by atoms with Gasteiger partial charge in [-0.3, -0.25) is 4.90 Å². The predicted molar refractivity (Wildman–Crippen MR) is 47.7 cm³/mol. The summed E-state index contributed by atoms with van der Waals surface area (Å²) in [7, 11) is 0. The van der Waals surface area contributed by atoms with Gasteiger partial charge in [-0.1, -0.05) is 13.3 Å². The van der Waals surface area contributed by atoms with E-state index in [1.165, 1.54) is 45.1 Å². The molecule has 2 aliphatic rings. The van der Waals surface area contributed by atoms with Crippen LogP contribution < -0.4 is 0 Å². The van der Waals surface area contributed by atoms with E-state index < -0.39 is 0 Å². The summed E-state index contributed by atoms with van der Waals surface area (Å²) < 4.78 is 0. The lowest BCUT2D eigenvalue weighted by atomic mass is 10.1. The summed E-state index contributed by atoms with van der Waals surface area (Å²) >= 11 is 0. The van der Waals surface area contributed by atoms with Gasteiger partial charge < -0.3 is 0 Å². The van der Waals surface area contributed by atoms with Crippen molar-refractivity contribution in [3.05, 3.63) is 0 Å². The minimum absolute atomic E-state index is 0.965. The van der Waals surface area contributed by atoms with Crippen LogP contribution in [0.4, 0.5) is 0 Å². The second-order valence-electron chi connectivity index (χ2n) is 4.05. The first-order valence-electron chi connectivity index (χ1n) is 5.17. The fraction of sp³-hybridized carbons (Fsp3) is 1.00. The molecule has 0 amide bonds. The Morgan fingerprint density at radius 1 is 1.27 bits per heavy atom. The molecule has 0 bridgehead atoms. The molecule has 0 aromatic carbocycles. The molecule has 1 nitrogen and oxygen atoms in total. The van der Waals surface area contributed by atoms with E-state index in [0.29, 0.717) is 0 Å². The second kappa shape index (κ2) is 3.14. The first kappa shape index (κ1) is 7.60. The number of hydrogen-bond acceptors (Lipinski definition) is 1. The molecule has 2 fully saturated rings. The number of nitrogens with zero attached hydrogens (tertiary/aromatic N) is 1. The Morgan fingerprint density at radius 2 is 2.18 bits per heavy atom. The molecule has 64 valence electrons. The number of hydrogen-bond donors (Lipinski definition) is 0. The summed E-state index contributed by atoms with van der Waals surface area (Å²) in [6, 6.07) is 1.96. The van der Waals surface area contributed by atoms with Crippen LogP contribution in [0.15, 0.2) is 0 Å². The monoisotopic (exact) mass is 153 g/mol. The molecule has 2 atom stereocenters. The summed E-state index contributed by atoms with van der Waals surface area (Å²) in [5, 5.41) is 0. The maximum atomic E-state index is 2.77. The van der Waals surface area contributed by atoms with Crippen LogP contribution in [0.3, 0.4) is 0 Å². The third kappa shape index (κ3) is 1.31. The van der Waals surface area contributed by atoms with Crippen LogP contribution in [0, 0.1) is 0 Å². The summed E-state index contributed by atoms with van der Waals surface area (Å²) in [6.07, 6.45) is 8.73. The van der Waals surface area contributed by atoms with Crippen LogP contribution in [0.25, 0.3) is 0 Å². The molecule has 2 aliphatic heterocycles. The van der Waals surface area contributed by atoms with Crippen molar-refractivity contribution in [2.75, 3.05) is 6.54 Å². The Hall–Kier alpha value is -0.0400. The van der Waals surface area contributed by atoms with E-state index >= 15 is 0 Å². The third-order valence-electron chi connectivity index (χ3n) is 3.35. The van der Waals surface area contributed by atoms with Crippen LogP contribution in [0.1, 0.15) is 45.4 Å². The molecule has 0 spiro atoms. The molecule has 0 aromatic heterocycles. The van der Waals surface area contributed by atoms with E-state index in [1.54, 1.807) is 0 Å². The van der Waals surface area contributed by atoms with Crippen LogP contribution >= 0.6 is 0 Å². The van der Waals surface area contributed by atoms with Crippen molar-refractivity contribution in [2.24, 2.45) is 0 Å². The highest BCUT2D eigenvalue weighted by molar-refractivity contribution is 4.91. The molecule has 2 rings (SSSR count). The zero-order chi connectivity index (χ0) is 7.68. The smallest absolute Gasteiger partial charge is 0.00992 e. The van der Waals surface area contributed by atoms with Crippen LogP contribution in [-0.2, 0) is 0 Å². The summed E-state index contributed by atoms with van der Waals surface area (Å²) in [4.78, 5) is 2.77. The van der Waals surface area contributed by atoms with Gasteiger partial charge in [-0.25, -0.2) is 0 Å². The SMILES string of the molecule is CCCC1CCC2CCCN12. The van der Waals surface area contributed by atoms with Crippen molar-refractivity contribution in [3.63, 3.8) is 0 Å². The fourth-order valence-corrected chi connectivity index (χ4v) is 2.84. The molecule has 11 heavy (non-hydrogen) atoms. The minimum atomic E-state index is 0.965. The van der Waals surface area contributed by atoms with Crippen molar-refractivity contribution < 1.29 is 0 Å². The zero-order valence-electron chi connectivity index (χ0n) is 7.55. The summed E-state index contributed by atoms with van der Waals surface area (Å²) in [5.74, 6) is 0. The third-order valence-corrected chi connectivity index (χ3v) is 3.35. The normalized spacial score (nSPS) is 37.9. The maximum absolute atomic E-state index is 2.77. The number of fused-ring (bicyclic) bond motifs is 1. The molecular weight excluding hydrogens is 134 g/mol. The van der Waals surface area contributed by atoms with Gasteiger partial charge in [0.05, 0.1) is 0 Å². The van der Waals surface area contributed by atoms with Crippen molar-refractivity contribution >= 4 is 0 Å². The lowest BCUT2D eigenvalue weighted by Gasteiger charge is -2.22. The van der Waals surface area contributed by atoms with Gasteiger partial charge in [0.25, 0.3) is 0 Å². The van der Waals surface area contributed by atoms with Gasteiger partial charge in [0.1, 0.15) is 0 Å². The Balaban J connectivity index is 1.92. The average Bonchev–Trinajstić information content (AvgIpc) is 2.53. The Labute approximate surface area is 69.8 Å². The van der Waals surface area contributed by atoms with E-state index in [1.807, 2.05) is 0 Å². The van der Waals surface area contributed by atoms with Crippen molar-refractivity contribution in [2.45, 2.75) is 57.5 Å². The van der Waals surface area contributed by atoms with Gasteiger partial charge in [0, 0.05) is 12.1 Å². The van der Waals surface area contributed by atoms with Gasteiger partial charge in [-0.05, 0) is 38.6 Å². The zero-order valence-corrected chi connectivity index (χ0v) is 7.55. The topological polar surface area (TPSA) is 3.24 Å². The second-order valence-corrected chi connectivity index (χ2v) is 4.05. The van der Waals surface area contributed by atoms with Crippen molar-refractivity contribution in [1.29, 1.82) is 0 Å². The molecule has 0 saturated carbocycles. The van der Waals surface area contributed by atoms with Gasteiger partial charge in [0.15, 0.2) is 0 Å². The summed E-state index contributed by atoms with van der Waals surface area (Å²) in [6.45, 7) is 3.71. The lowest BCUT2D eigenvalue weighted by molar-refractivity contribution is 0.234. The first-order chi connectivity index (χ1) is 5.42. The minimum Gasteiger partial charge on any atom is -0.297 e. The molecule has 0 radical (unpaired) electrons. The largest absolute Gasteiger partial charge is 0.297 e. The first-order valence-corrected chi connectivity index (χ1v) is 5.17. The summed E-state index contributed by atoms with van der Waals surface area (Å²) in [5.41, 5.74) is 0. The molecule has 2 saturated heterocycles. The van der Waals surface area contributed by atoms with E-state index in [9.17, 15) is 0 Å². The van der Waals surface area contributed by atoms with Crippen LogP contribution in [-0.4, -0.2) is 23.5 Å². The molecule has 1 heteroatoms. The number of rotatable bonds is 2. The van der Waals surface area contributed by atoms with Gasteiger partial charge in [0.2, 0.25) is 0 Å². The van der Waals surface area contributed by atoms with Crippen LogP contribution in [0.5, 0.6) is 0 Å². The lowest BCUT2D eigenvalue weighted by Crippen LogP contribution is -2.30. The molecule has 0 aromatic rings. The van der Waals surface area contributed by atoms with Gasteiger partial charge in [-0.2, -0.15) is 0 Å². The van der Waals surface area contributed by atoms with Gasteiger partial charge in [-0.15, -0.1) is 0 Å². The highest BCUT2D eigenvalue weighted by Gasteiger charge is 2.35. The molecule has 2 heterocycles. The standard InChI is InChI=1S/C10H19N/c1-2-4-9-6-7-10-5-3-8-11(9)10/h9-10H,2-8H2,1H3. The fourth-order valence-electron chi connectivity index (χ4n) is 2.84. The maximum Gasteiger partial charge on any atom is 0.00992 e. The Bertz CT molecular complexity index is 131. The van der Waals surface area contributed by atoms with Crippen molar-refractivity contribution in [3.8, 4) is 0 Å². The molecular formula is C10H19N. The molecule has 0 N–H and O–H groups in total. The van der Waals surface area contributed by atoms with E-state index in [4.69, 9.17) is 0 Å². The highest BCUT2D eigenvalue weighted by Crippen LogP contribution is 2.34. The van der Waals surface area contributed by atoms with Crippen LogP contribution in [0.2, 0.25) is 0 Å². The van der Waals surface area contributed by atoms with E-state index in [-0.39, 0.29) is 0 Å². The Morgan fingerprint density at radius 3 is 3.00 bits per heavy atom. The van der Waals surface area contributed by atoms with E-state index in [0.717, 1.165) is 12.1 Å². The highest BCUT2D eigenvalue weighted by atomic mass is 15.2.